The van der Waals surface area contributed by atoms with Gasteiger partial charge in [0.25, 0.3) is 0 Å². The van der Waals surface area contributed by atoms with Gasteiger partial charge in [-0.2, -0.15) is 5.10 Å². The fraction of sp³-hybridized carbons (Fsp3) is 0.357. The molecule has 1 fully saturated rings. The van der Waals surface area contributed by atoms with Crippen LogP contribution >= 0.6 is 0 Å². The lowest BCUT2D eigenvalue weighted by atomic mass is 9.62. The summed E-state index contributed by atoms with van der Waals surface area (Å²) >= 11 is 0. The third-order valence-electron chi connectivity index (χ3n) is 7.28. The van der Waals surface area contributed by atoms with Crippen molar-refractivity contribution in [1.29, 1.82) is 0 Å². The number of rotatable bonds is 6. The number of aryl methyl sites for hydroxylation is 1. The molecule has 1 aromatic carbocycles. The first-order valence-corrected chi connectivity index (χ1v) is 11.8. The fourth-order valence-corrected chi connectivity index (χ4v) is 5.41. The van der Waals surface area contributed by atoms with Crippen molar-refractivity contribution >= 4 is 0 Å². The molecule has 176 valence electrons. The molecule has 6 heteroatoms. The van der Waals surface area contributed by atoms with Crippen molar-refractivity contribution in [3.8, 4) is 16.8 Å². The molecule has 5 rings (SSSR count). The molecule has 0 amide bonds. The second-order valence-corrected chi connectivity index (χ2v) is 10.4. The zero-order valence-corrected chi connectivity index (χ0v) is 20.6. The molecule has 0 bridgehead atoms. The quantitative estimate of drug-likeness (QED) is 0.462. The molecule has 0 saturated carbocycles. The van der Waals surface area contributed by atoms with Gasteiger partial charge in [0.05, 0.1) is 18.1 Å². The molecular weight excluding hydrogens is 422 g/mol. The first-order valence-electron chi connectivity index (χ1n) is 11.8. The summed E-state index contributed by atoms with van der Waals surface area (Å²) in [5, 5.41) is 16.7. The fourth-order valence-electron chi connectivity index (χ4n) is 5.41. The Labute approximate surface area is 201 Å². The summed E-state index contributed by atoms with van der Waals surface area (Å²) in [6.45, 7) is 8.18. The Balaban J connectivity index is 1.57. The Hall–Kier alpha value is -3.22. The molecule has 1 aliphatic heterocycles. The predicted molar refractivity (Wildman–Crippen MR) is 135 cm³/mol. The third kappa shape index (κ3) is 3.67. The van der Waals surface area contributed by atoms with Gasteiger partial charge in [-0.1, -0.05) is 45.0 Å². The number of benzene rings is 1. The smallest absolute Gasteiger partial charge is 0.124 e. The highest BCUT2D eigenvalue weighted by atomic mass is 16.3. The van der Waals surface area contributed by atoms with E-state index >= 15 is 0 Å². The molecule has 0 aliphatic carbocycles. The first-order chi connectivity index (χ1) is 16.2. The monoisotopic (exact) mass is 455 g/mol. The summed E-state index contributed by atoms with van der Waals surface area (Å²) in [4.78, 5) is 6.81. The molecule has 3 aromatic heterocycles. The van der Waals surface area contributed by atoms with E-state index in [1.54, 1.807) is 4.68 Å². The van der Waals surface area contributed by atoms with E-state index in [2.05, 4.69) is 90.0 Å². The number of aliphatic hydroxyl groups is 1. The normalized spacial score (nSPS) is 17.5. The van der Waals surface area contributed by atoms with Gasteiger partial charge in [0.15, 0.2) is 0 Å². The number of nitrogens with zero attached hydrogens (tertiary/aromatic N) is 5. The minimum atomic E-state index is -1.16. The molecule has 1 saturated heterocycles. The highest BCUT2D eigenvalue weighted by molar-refractivity contribution is 5.62. The van der Waals surface area contributed by atoms with Gasteiger partial charge in [0.1, 0.15) is 5.60 Å². The van der Waals surface area contributed by atoms with Crippen molar-refractivity contribution in [2.45, 2.75) is 32.3 Å². The highest BCUT2D eigenvalue weighted by Gasteiger charge is 2.55. The minimum Gasteiger partial charge on any atom is -0.380 e. The minimum absolute atomic E-state index is 0.320. The first kappa shape index (κ1) is 22.6. The summed E-state index contributed by atoms with van der Waals surface area (Å²) in [5.74, 6) is 0.445. The average Bonchev–Trinajstić information content (AvgIpc) is 3.47. The lowest BCUT2D eigenvalue weighted by Crippen LogP contribution is -2.63. The van der Waals surface area contributed by atoms with Gasteiger partial charge < -0.3 is 14.6 Å². The lowest BCUT2D eigenvalue weighted by Gasteiger charge is -2.55. The Morgan fingerprint density at radius 1 is 0.941 bits per heavy atom. The van der Waals surface area contributed by atoms with E-state index in [1.807, 2.05) is 38.0 Å². The van der Waals surface area contributed by atoms with Crippen LogP contribution in [-0.2, 0) is 12.6 Å². The Morgan fingerprint density at radius 3 is 2.29 bits per heavy atom. The maximum Gasteiger partial charge on any atom is 0.124 e. The molecule has 6 nitrogen and oxygen atoms in total. The highest BCUT2D eigenvalue weighted by Crippen LogP contribution is 2.50. The van der Waals surface area contributed by atoms with Crippen LogP contribution in [0.25, 0.3) is 16.8 Å². The van der Waals surface area contributed by atoms with Crippen LogP contribution in [0.2, 0.25) is 0 Å². The van der Waals surface area contributed by atoms with Crippen molar-refractivity contribution in [3.63, 3.8) is 0 Å². The van der Waals surface area contributed by atoms with Crippen molar-refractivity contribution in [2.75, 3.05) is 20.1 Å². The van der Waals surface area contributed by atoms with Gasteiger partial charge in [0, 0.05) is 67.0 Å². The molecule has 34 heavy (non-hydrogen) atoms. The van der Waals surface area contributed by atoms with E-state index in [0.29, 0.717) is 5.92 Å². The second-order valence-electron chi connectivity index (χ2n) is 10.4. The number of aromatic nitrogens is 4. The van der Waals surface area contributed by atoms with Gasteiger partial charge >= 0.3 is 0 Å². The number of hydrogen-bond acceptors (Lipinski definition) is 4. The Kier molecular flexibility index (Phi) is 5.46. The van der Waals surface area contributed by atoms with Gasteiger partial charge in [-0.15, -0.1) is 0 Å². The van der Waals surface area contributed by atoms with Gasteiger partial charge in [-0.05, 0) is 36.2 Å². The van der Waals surface area contributed by atoms with E-state index in [4.69, 9.17) is 0 Å². The van der Waals surface area contributed by atoms with Crippen LogP contribution in [0.3, 0.4) is 0 Å². The van der Waals surface area contributed by atoms with E-state index < -0.39 is 5.60 Å². The molecule has 0 radical (unpaired) electrons. The Bertz CT molecular complexity index is 1300. The molecule has 1 N–H and O–H groups in total. The van der Waals surface area contributed by atoms with Crippen molar-refractivity contribution < 1.29 is 5.11 Å². The molecule has 4 aromatic rings. The second kappa shape index (κ2) is 8.22. The zero-order chi connectivity index (χ0) is 24.1. The van der Waals surface area contributed by atoms with E-state index in [9.17, 15) is 5.11 Å². The summed E-state index contributed by atoms with van der Waals surface area (Å²) < 4.78 is 3.85. The van der Waals surface area contributed by atoms with Gasteiger partial charge in [0.2, 0.25) is 0 Å². The molecular formula is C28H33N5O. The third-order valence-corrected chi connectivity index (χ3v) is 7.28. The van der Waals surface area contributed by atoms with E-state index in [-0.39, 0.29) is 5.41 Å². The van der Waals surface area contributed by atoms with Crippen molar-refractivity contribution in [1.82, 2.24) is 24.2 Å². The molecule has 0 unspecified atom stereocenters. The largest absolute Gasteiger partial charge is 0.380 e. The zero-order valence-electron chi connectivity index (χ0n) is 20.6. The van der Waals surface area contributed by atoms with E-state index in [0.717, 1.165) is 41.0 Å². The lowest BCUT2D eigenvalue weighted by molar-refractivity contribution is -0.127. The number of pyridine rings is 1. The van der Waals surface area contributed by atoms with Gasteiger partial charge in [-0.25, -0.2) is 0 Å². The van der Waals surface area contributed by atoms with Gasteiger partial charge in [-0.3, -0.25) is 9.67 Å². The molecule has 1 atom stereocenters. The van der Waals surface area contributed by atoms with Crippen LogP contribution < -0.4 is 0 Å². The van der Waals surface area contributed by atoms with E-state index in [1.165, 1.54) is 5.56 Å². The standard InChI is InChI=1S/C28H33N5O/c1-20(2)21-6-8-24(9-7-21)28(34,27(3)18-31(4)19-27)25-12-26(15-29-14-25)33-11-10-22(17-33)23-13-30-32(5)16-23/h6-17,20,34H,18-19H2,1-5H3/t28-/m0/s1. The topological polar surface area (TPSA) is 59.1 Å². The maximum atomic E-state index is 12.5. The molecule has 0 spiro atoms. The number of likely N-dealkylation sites (tertiary alicyclic amines) is 1. The predicted octanol–water partition coefficient (Wildman–Crippen LogP) is 4.58. The number of hydrogen-bond donors (Lipinski definition) is 1. The van der Waals surface area contributed by atoms with Crippen molar-refractivity contribution in [3.05, 3.63) is 90.3 Å². The summed E-state index contributed by atoms with van der Waals surface area (Å²) in [6.07, 6.45) is 11.6. The SMILES string of the molecule is CC(C)c1ccc([C@](O)(c2cncc(-n3ccc(-c4cnn(C)c4)c3)c2)C2(C)CN(C)C2)cc1. The molecule has 1 aliphatic rings. The molecule has 4 heterocycles. The summed E-state index contributed by atoms with van der Waals surface area (Å²) in [6, 6.07) is 12.6. The summed E-state index contributed by atoms with van der Waals surface area (Å²) in [7, 11) is 4.01. The average molecular weight is 456 g/mol. The van der Waals surface area contributed by atoms with Crippen LogP contribution in [0.5, 0.6) is 0 Å². The maximum absolute atomic E-state index is 12.5. The van der Waals surface area contributed by atoms with Crippen molar-refractivity contribution in [2.24, 2.45) is 12.5 Å². The van der Waals surface area contributed by atoms with Crippen LogP contribution in [0, 0.1) is 5.41 Å². The Morgan fingerprint density at radius 2 is 1.68 bits per heavy atom. The summed E-state index contributed by atoms with van der Waals surface area (Å²) in [5.41, 5.74) is 4.59. The van der Waals surface area contributed by atoms with Crippen LogP contribution in [0.1, 0.15) is 43.4 Å². The van der Waals surface area contributed by atoms with Crippen LogP contribution in [0.15, 0.2) is 73.6 Å². The van der Waals surface area contributed by atoms with Crippen LogP contribution in [-0.4, -0.2) is 49.5 Å². The van der Waals surface area contributed by atoms with Crippen LogP contribution in [0.4, 0.5) is 0 Å².